The molecule has 1 saturated heterocycles. The summed E-state index contributed by atoms with van der Waals surface area (Å²) in [5.41, 5.74) is 4.13. The van der Waals surface area contributed by atoms with Crippen LogP contribution < -0.4 is 10.1 Å². The third-order valence-electron chi connectivity index (χ3n) is 4.87. The molecule has 2 atom stereocenters. The van der Waals surface area contributed by atoms with Crippen molar-refractivity contribution in [3.05, 3.63) is 43.2 Å². The first-order chi connectivity index (χ1) is 13.8. The Morgan fingerprint density at radius 3 is 2.93 bits per heavy atom. The van der Waals surface area contributed by atoms with Gasteiger partial charge in [-0.25, -0.2) is 14.4 Å². The van der Waals surface area contributed by atoms with Gasteiger partial charge in [-0.2, -0.15) is 5.10 Å². The lowest BCUT2D eigenvalue weighted by atomic mass is 10.1. The van der Waals surface area contributed by atoms with Crippen molar-refractivity contribution in [3.63, 3.8) is 0 Å². The lowest BCUT2D eigenvalue weighted by molar-refractivity contribution is 0.0691. The van der Waals surface area contributed by atoms with E-state index >= 15 is 0 Å². The van der Waals surface area contributed by atoms with Crippen molar-refractivity contribution in [1.82, 2.24) is 35.5 Å². The van der Waals surface area contributed by atoms with E-state index in [2.05, 4.69) is 35.5 Å². The Morgan fingerprint density at radius 1 is 1.11 bits per heavy atom. The highest BCUT2D eigenvalue weighted by Crippen LogP contribution is 2.30. The molecule has 4 aromatic heterocycles. The standard InChI is InChI=1S/C19H18FN7O/c20-15-8-21-2-1-17(15)28-18-10-22-9-16(27-18)14-7-24-19-13(14)3-11(4-23-19)12-5-25-26-6-12/h3-7,9-10,15,17,21H,1-2,8H2,(H,23,24)(H,25,26)/t15-,17+/m1/s1. The first-order valence-electron chi connectivity index (χ1n) is 9.08. The molecule has 9 heteroatoms. The molecule has 0 aromatic carbocycles. The minimum Gasteiger partial charge on any atom is -0.470 e. The summed E-state index contributed by atoms with van der Waals surface area (Å²) in [5, 5.41) is 10.7. The molecule has 0 radical (unpaired) electrons. The maximum absolute atomic E-state index is 14.0. The molecule has 0 amide bonds. The fourth-order valence-electron chi connectivity index (χ4n) is 3.40. The highest BCUT2D eigenvalue weighted by Gasteiger charge is 2.26. The van der Waals surface area contributed by atoms with Crippen LogP contribution >= 0.6 is 0 Å². The second kappa shape index (κ2) is 7.01. The number of piperidine rings is 1. The van der Waals surface area contributed by atoms with Crippen LogP contribution in [0.1, 0.15) is 6.42 Å². The van der Waals surface area contributed by atoms with Gasteiger partial charge in [-0.15, -0.1) is 0 Å². The van der Waals surface area contributed by atoms with Crippen LogP contribution in [0.2, 0.25) is 0 Å². The lowest BCUT2D eigenvalue weighted by Crippen LogP contribution is -2.44. The zero-order valence-electron chi connectivity index (χ0n) is 14.9. The minimum atomic E-state index is -1.06. The number of H-pyrrole nitrogens is 2. The number of hydrogen-bond donors (Lipinski definition) is 3. The van der Waals surface area contributed by atoms with Crippen molar-refractivity contribution in [2.75, 3.05) is 13.1 Å². The predicted molar refractivity (Wildman–Crippen MR) is 102 cm³/mol. The van der Waals surface area contributed by atoms with E-state index < -0.39 is 12.3 Å². The van der Waals surface area contributed by atoms with Gasteiger partial charge in [-0.1, -0.05) is 0 Å². The molecule has 5 heterocycles. The SMILES string of the molecule is F[C@@H]1CNCC[C@@H]1Oc1cncc(-c2c[nH]c3ncc(-c4cn[nH]c4)cc23)n1. The summed E-state index contributed by atoms with van der Waals surface area (Å²) in [6.07, 6.45) is 9.39. The van der Waals surface area contributed by atoms with E-state index in [0.717, 1.165) is 34.3 Å². The summed E-state index contributed by atoms with van der Waals surface area (Å²) >= 11 is 0. The molecule has 4 aromatic rings. The number of halogens is 1. The van der Waals surface area contributed by atoms with Gasteiger partial charge in [-0.05, 0) is 19.0 Å². The summed E-state index contributed by atoms with van der Waals surface area (Å²) in [6.45, 7) is 1.02. The molecular weight excluding hydrogens is 361 g/mol. The molecule has 3 N–H and O–H groups in total. The van der Waals surface area contributed by atoms with Gasteiger partial charge in [0.25, 0.3) is 0 Å². The summed E-state index contributed by atoms with van der Waals surface area (Å²) in [6, 6.07) is 2.03. The number of rotatable bonds is 4. The summed E-state index contributed by atoms with van der Waals surface area (Å²) in [5.74, 6) is 0.320. The molecule has 0 bridgehead atoms. The van der Waals surface area contributed by atoms with E-state index in [1.165, 1.54) is 6.20 Å². The quantitative estimate of drug-likeness (QED) is 0.503. The van der Waals surface area contributed by atoms with Gasteiger partial charge < -0.3 is 15.0 Å². The second-order valence-corrected chi connectivity index (χ2v) is 6.72. The molecule has 1 aliphatic rings. The molecule has 28 heavy (non-hydrogen) atoms. The molecular formula is C19H18FN7O. The third kappa shape index (κ3) is 3.09. The van der Waals surface area contributed by atoms with Gasteiger partial charge in [0.15, 0.2) is 0 Å². The number of fused-ring (bicyclic) bond motifs is 1. The smallest absolute Gasteiger partial charge is 0.233 e. The molecule has 1 aliphatic heterocycles. The first-order valence-corrected chi connectivity index (χ1v) is 9.08. The lowest BCUT2D eigenvalue weighted by Gasteiger charge is -2.26. The largest absolute Gasteiger partial charge is 0.470 e. The molecule has 0 aliphatic carbocycles. The fraction of sp³-hybridized carbons (Fsp3) is 0.263. The van der Waals surface area contributed by atoms with Crippen molar-refractivity contribution >= 4 is 11.0 Å². The van der Waals surface area contributed by atoms with Crippen LogP contribution in [0.4, 0.5) is 4.39 Å². The van der Waals surface area contributed by atoms with Crippen LogP contribution in [-0.2, 0) is 0 Å². The Bertz CT molecular complexity index is 1090. The average molecular weight is 379 g/mol. The number of nitrogens with one attached hydrogen (secondary N) is 3. The van der Waals surface area contributed by atoms with Gasteiger partial charge in [0.2, 0.25) is 5.88 Å². The zero-order valence-corrected chi connectivity index (χ0v) is 14.9. The van der Waals surface area contributed by atoms with Gasteiger partial charge in [-0.3, -0.25) is 10.1 Å². The Morgan fingerprint density at radius 2 is 2.07 bits per heavy atom. The van der Waals surface area contributed by atoms with Crippen molar-refractivity contribution < 1.29 is 9.13 Å². The number of alkyl halides is 1. The maximum atomic E-state index is 14.0. The zero-order chi connectivity index (χ0) is 18.9. The van der Waals surface area contributed by atoms with E-state index in [-0.39, 0.29) is 0 Å². The normalized spacial score (nSPS) is 19.8. The maximum Gasteiger partial charge on any atom is 0.233 e. The molecule has 0 saturated carbocycles. The van der Waals surface area contributed by atoms with Crippen LogP contribution in [0.25, 0.3) is 33.4 Å². The van der Waals surface area contributed by atoms with E-state index in [9.17, 15) is 4.39 Å². The monoisotopic (exact) mass is 379 g/mol. The Labute approximate surface area is 159 Å². The van der Waals surface area contributed by atoms with Crippen molar-refractivity contribution in [2.24, 2.45) is 0 Å². The van der Waals surface area contributed by atoms with Crippen LogP contribution in [0.15, 0.2) is 43.2 Å². The van der Waals surface area contributed by atoms with Crippen molar-refractivity contribution in [1.29, 1.82) is 0 Å². The Hall–Kier alpha value is -3.33. The number of ether oxygens (including phenoxy) is 1. The second-order valence-electron chi connectivity index (χ2n) is 6.72. The van der Waals surface area contributed by atoms with E-state index in [4.69, 9.17) is 4.74 Å². The minimum absolute atomic E-state index is 0.294. The fourth-order valence-corrected chi connectivity index (χ4v) is 3.40. The Kier molecular flexibility index (Phi) is 4.21. The number of aromatic nitrogens is 6. The highest BCUT2D eigenvalue weighted by molar-refractivity contribution is 5.94. The molecule has 142 valence electrons. The van der Waals surface area contributed by atoms with E-state index in [1.807, 2.05) is 18.5 Å². The average Bonchev–Trinajstić information content (AvgIpc) is 3.39. The molecule has 5 rings (SSSR count). The van der Waals surface area contributed by atoms with Gasteiger partial charge in [0.1, 0.15) is 17.9 Å². The molecule has 1 fully saturated rings. The molecule has 0 spiro atoms. The number of hydrogen-bond acceptors (Lipinski definition) is 6. The predicted octanol–water partition coefficient (Wildman–Crippen LogP) is 2.49. The Balaban J connectivity index is 1.49. The van der Waals surface area contributed by atoms with Gasteiger partial charge in [0, 0.05) is 47.2 Å². The van der Waals surface area contributed by atoms with Crippen molar-refractivity contribution in [2.45, 2.75) is 18.7 Å². The van der Waals surface area contributed by atoms with E-state index in [0.29, 0.717) is 24.5 Å². The number of aromatic amines is 2. The van der Waals surface area contributed by atoms with Gasteiger partial charge >= 0.3 is 0 Å². The molecule has 8 nitrogen and oxygen atoms in total. The molecule has 0 unspecified atom stereocenters. The summed E-state index contributed by atoms with van der Waals surface area (Å²) in [4.78, 5) is 16.4. The van der Waals surface area contributed by atoms with Crippen LogP contribution in [-0.4, -0.2) is 55.5 Å². The third-order valence-corrected chi connectivity index (χ3v) is 4.87. The van der Waals surface area contributed by atoms with E-state index in [1.54, 1.807) is 18.6 Å². The van der Waals surface area contributed by atoms with Crippen LogP contribution in [0, 0.1) is 0 Å². The summed E-state index contributed by atoms with van der Waals surface area (Å²) < 4.78 is 19.8. The number of pyridine rings is 1. The van der Waals surface area contributed by atoms with Gasteiger partial charge in [0.05, 0.1) is 24.3 Å². The topological polar surface area (TPSA) is 104 Å². The first kappa shape index (κ1) is 16.8. The van der Waals surface area contributed by atoms with Crippen molar-refractivity contribution in [3.8, 4) is 28.3 Å². The summed E-state index contributed by atoms with van der Waals surface area (Å²) in [7, 11) is 0. The van der Waals surface area contributed by atoms with Crippen LogP contribution in [0.3, 0.4) is 0 Å². The highest BCUT2D eigenvalue weighted by atomic mass is 19.1. The van der Waals surface area contributed by atoms with Crippen LogP contribution in [0.5, 0.6) is 5.88 Å². The number of nitrogens with zero attached hydrogens (tertiary/aromatic N) is 4.